The molecule has 0 saturated heterocycles. The molecule has 0 rings (SSSR count). The largest absolute Gasteiger partial charge is 0.106 e. The Morgan fingerprint density at radius 3 is 1.00 bits per heavy atom. The number of hydrogen-bond donors (Lipinski definition) is 0. The van der Waals surface area contributed by atoms with Gasteiger partial charge in [0.15, 0.2) is 0 Å². The minimum atomic E-state index is 1.17. The average Bonchev–Trinajstić information content (AvgIpc) is 2.08. The highest BCUT2D eigenvalue weighted by Crippen LogP contribution is 1.82. The topological polar surface area (TPSA) is 0 Å². The summed E-state index contributed by atoms with van der Waals surface area (Å²) in [6, 6.07) is 0. The maximum atomic E-state index is 3.56. The second-order valence-electron chi connectivity index (χ2n) is 2.98. The lowest BCUT2D eigenvalue weighted by Crippen LogP contribution is -1.52. The van der Waals surface area contributed by atoms with Crippen LogP contribution < -0.4 is 0 Å². The highest BCUT2D eigenvalue weighted by atomic mass is 13.7. The molecule has 0 radical (unpaired) electrons. The molecule has 0 heterocycles. The fraction of sp³-hybridized carbons (Fsp3) is 0.429. The number of hydrogen-bond acceptors (Lipinski definition) is 0. The molecule has 0 aliphatic heterocycles. The molecule has 0 fully saturated rings. The van der Waals surface area contributed by atoms with Crippen LogP contribution in [0.3, 0.4) is 0 Å². The predicted octanol–water partition coefficient (Wildman–Crippen LogP) is 5.55. The Balaban J connectivity index is -0.0000000505. The summed E-state index contributed by atoms with van der Waals surface area (Å²) in [5.41, 5.74) is 2.55. The Morgan fingerprint density at radius 1 is 0.929 bits per heavy atom. The van der Waals surface area contributed by atoms with Crippen molar-refractivity contribution in [2.45, 2.75) is 41.5 Å². The molecule has 0 aromatic rings. The van der Waals surface area contributed by atoms with E-state index in [1.807, 2.05) is 27.7 Å². The molecule has 0 spiro atoms. The zero-order chi connectivity index (χ0) is 12.6. The Bertz CT molecular complexity index is 130. The highest BCUT2D eigenvalue weighted by molar-refractivity contribution is 4.88. The van der Waals surface area contributed by atoms with Crippen molar-refractivity contribution in [3.05, 3.63) is 49.6 Å². The van der Waals surface area contributed by atoms with E-state index in [9.17, 15) is 0 Å². The van der Waals surface area contributed by atoms with Gasteiger partial charge in [0.05, 0.1) is 0 Å². The van der Waals surface area contributed by atoms with Crippen LogP contribution in [0.2, 0.25) is 0 Å². The molecule has 0 aliphatic carbocycles. The fourth-order valence-corrected chi connectivity index (χ4v) is 0. The lowest BCUT2D eigenvalue weighted by Gasteiger charge is -1.74. The Hall–Kier alpha value is -1.04. The van der Waals surface area contributed by atoms with Gasteiger partial charge < -0.3 is 0 Å². The van der Waals surface area contributed by atoms with Crippen LogP contribution in [-0.4, -0.2) is 0 Å². The Labute approximate surface area is 91.7 Å². The molecule has 84 valence electrons. The predicted molar refractivity (Wildman–Crippen MR) is 72.7 cm³/mol. The van der Waals surface area contributed by atoms with Crippen LogP contribution in [0.25, 0.3) is 0 Å². The molecule has 0 aromatic heterocycles. The molecule has 0 heteroatoms. The highest BCUT2D eigenvalue weighted by Gasteiger charge is 1.60. The van der Waals surface area contributed by atoms with Gasteiger partial charge in [0, 0.05) is 0 Å². The first-order valence-corrected chi connectivity index (χ1v) is 4.71. The van der Waals surface area contributed by atoms with Crippen LogP contribution in [0.4, 0.5) is 0 Å². The molecule has 0 amide bonds. The fourth-order valence-electron chi connectivity index (χ4n) is 0. The van der Waals surface area contributed by atoms with Crippen molar-refractivity contribution in [3.63, 3.8) is 0 Å². The third-order valence-corrected chi connectivity index (χ3v) is 0.577. The summed E-state index contributed by atoms with van der Waals surface area (Å²) >= 11 is 0. The van der Waals surface area contributed by atoms with Gasteiger partial charge in [0.25, 0.3) is 0 Å². The van der Waals surface area contributed by atoms with Crippen molar-refractivity contribution in [2.24, 2.45) is 0 Å². The van der Waals surface area contributed by atoms with Gasteiger partial charge in [-0.3, -0.25) is 0 Å². The molecule has 0 nitrogen and oxygen atoms in total. The van der Waals surface area contributed by atoms with Gasteiger partial charge in [-0.25, -0.2) is 0 Å². The van der Waals surface area contributed by atoms with E-state index in [4.69, 9.17) is 0 Å². The first-order chi connectivity index (χ1) is 6.42. The second kappa shape index (κ2) is 29.7. The summed E-state index contributed by atoms with van der Waals surface area (Å²) in [7, 11) is 0. The number of allylic oxidation sites excluding steroid dienone is 4. The van der Waals surface area contributed by atoms with Crippen molar-refractivity contribution in [1.82, 2.24) is 0 Å². The van der Waals surface area contributed by atoms with Gasteiger partial charge in [0.1, 0.15) is 0 Å². The van der Waals surface area contributed by atoms with E-state index in [1.165, 1.54) is 11.1 Å². The standard InChI is InChI=1S/C5H10.C4H8.C3H6.C2H4/c1-4-5(2)3;1-4(2)3;1-3-2;1-2/h4H,1-3H3;1H2,2-3H3;3H,1H2,2H3;1-2H2. The van der Waals surface area contributed by atoms with E-state index in [0.29, 0.717) is 0 Å². The molecule has 0 N–H and O–H groups in total. The zero-order valence-corrected chi connectivity index (χ0v) is 11.0. The van der Waals surface area contributed by atoms with Crippen molar-refractivity contribution >= 4 is 0 Å². The molecule has 0 aliphatic rings. The maximum Gasteiger partial charge on any atom is -0.0442 e. The molecule has 0 aromatic carbocycles. The SMILES string of the molecule is C=C.C=C(C)C.C=CC.CC=C(C)C. The molecule has 14 heavy (non-hydrogen) atoms. The van der Waals surface area contributed by atoms with Gasteiger partial charge in [-0.15, -0.1) is 26.3 Å². The van der Waals surface area contributed by atoms with Crippen LogP contribution >= 0.6 is 0 Å². The quantitative estimate of drug-likeness (QED) is 0.446. The molecular weight excluding hydrogens is 168 g/mol. The Morgan fingerprint density at radius 2 is 1.00 bits per heavy atom. The summed E-state index contributed by atoms with van der Waals surface area (Å²) in [6.45, 7) is 25.0. The van der Waals surface area contributed by atoms with Crippen molar-refractivity contribution < 1.29 is 0 Å². The summed E-state index contributed by atoms with van der Waals surface area (Å²) in [5.74, 6) is 0. The first kappa shape index (κ1) is 23.1. The van der Waals surface area contributed by atoms with E-state index >= 15 is 0 Å². The molecular formula is C14H28. The summed E-state index contributed by atoms with van der Waals surface area (Å²) < 4.78 is 0. The van der Waals surface area contributed by atoms with Gasteiger partial charge in [0.2, 0.25) is 0 Å². The van der Waals surface area contributed by atoms with Crippen LogP contribution in [0.15, 0.2) is 49.6 Å². The maximum absolute atomic E-state index is 3.56. The average molecular weight is 196 g/mol. The van der Waals surface area contributed by atoms with Gasteiger partial charge in [-0.1, -0.05) is 23.3 Å². The summed E-state index contributed by atoms with van der Waals surface area (Å²) in [4.78, 5) is 0. The number of rotatable bonds is 0. The molecule has 0 unspecified atom stereocenters. The third kappa shape index (κ3) is 1180. The summed E-state index contributed by atoms with van der Waals surface area (Å²) in [6.07, 6.45) is 3.83. The molecule has 0 bridgehead atoms. The molecule has 0 atom stereocenters. The zero-order valence-electron chi connectivity index (χ0n) is 11.0. The minimum absolute atomic E-state index is 1.17. The smallest absolute Gasteiger partial charge is 0.0442 e. The van der Waals surface area contributed by atoms with Gasteiger partial charge in [-0.05, 0) is 41.5 Å². The molecule has 0 saturated carbocycles. The van der Waals surface area contributed by atoms with E-state index in [0.717, 1.165) is 0 Å². The summed E-state index contributed by atoms with van der Waals surface area (Å²) in [5, 5.41) is 0. The van der Waals surface area contributed by atoms with Crippen LogP contribution in [-0.2, 0) is 0 Å². The van der Waals surface area contributed by atoms with Crippen LogP contribution in [0.5, 0.6) is 0 Å². The normalized spacial score (nSPS) is 5.57. The van der Waals surface area contributed by atoms with Gasteiger partial charge in [-0.2, -0.15) is 0 Å². The van der Waals surface area contributed by atoms with Crippen LogP contribution in [0.1, 0.15) is 41.5 Å². The third-order valence-electron chi connectivity index (χ3n) is 0.577. The van der Waals surface area contributed by atoms with Crippen molar-refractivity contribution in [3.8, 4) is 0 Å². The van der Waals surface area contributed by atoms with E-state index in [2.05, 4.69) is 46.2 Å². The first-order valence-electron chi connectivity index (χ1n) is 4.71. The van der Waals surface area contributed by atoms with Crippen molar-refractivity contribution in [2.75, 3.05) is 0 Å². The van der Waals surface area contributed by atoms with Crippen LogP contribution in [0, 0.1) is 0 Å². The van der Waals surface area contributed by atoms with E-state index in [-0.39, 0.29) is 0 Å². The Kier molecular flexibility index (Phi) is 48.9. The second-order valence-corrected chi connectivity index (χ2v) is 2.98. The van der Waals surface area contributed by atoms with Crippen molar-refractivity contribution in [1.29, 1.82) is 0 Å². The lowest BCUT2D eigenvalue weighted by molar-refractivity contribution is 1.36. The van der Waals surface area contributed by atoms with E-state index in [1.54, 1.807) is 6.08 Å². The minimum Gasteiger partial charge on any atom is -0.106 e. The lowest BCUT2D eigenvalue weighted by atomic mass is 10.3. The monoisotopic (exact) mass is 196 g/mol. The van der Waals surface area contributed by atoms with Gasteiger partial charge >= 0.3 is 0 Å². The van der Waals surface area contributed by atoms with E-state index < -0.39 is 0 Å².